The van der Waals surface area contributed by atoms with Crippen LogP contribution in [0.2, 0.25) is 0 Å². The van der Waals surface area contributed by atoms with Gasteiger partial charge >= 0.3 is 0 Å². The summed E-state index contributed by atoms with van der Waals surface area (Å²) in [4.78, 5) is 11.5. The molecular formula is C11H16N2O4S. The number of nitrogens with one attached hydrogen (secondary N) is 1. The van der Waals surface area contributed by atoms with E-state index in [9.17, 15) is 13.2 Å². The maximum absolute atomic E-state index is 11.7. The van der Waals surface area contributed by atoms with Crippen LogP contribution in [0, 0.1) is 0 Å². The van der Waals surface area contributed by atoms with Gasteiger partial charge in [-0.25, -0.2) is 12.7 Å². The van der Waals surface area contributed by atoms with Gasteiger partial charge in [-0.1, -0.05) is 0 Å². The number of carbonyl (C=O) groups excluding carboxylic acids is 1. The third kappa shape index (κ3) is 3.11. The molecule has 0 aromatic carbocycles. The maximum Gasteiger partial charge on any atom is 0.287 e. The van der Waals surface area contributed by atoms with E-state index in [0.717, 1.165) is 12.8 Å². The SMILES string of the molecule is O=C(NCCN1CCCCS1(=O)=O)c1ccco1. The maximum atomic E-state index is 11.7. The minimum Gasteiger partial charge on any atom is -0.459 e. The summed E-state index contributed by atoms with van der Waals surface area (Å²) in [6.45, 7) is 1.15. The monoisotopic (exact) mass is 272 g/mol. The van der Waals surface area contributed by atoms with Gasteiger partial charge in [0, 0.05) is 19.6 Å². The van der Waals surface area contributed by atoms with Gasteiger partial charge in [-0.05, 0) is 25.0 Å². The molecule has 6 nitrogen and oxygen atoms in total. The van der Waals surface area contributed by atoms with Crippen LogP contribution in [0.4, 0.5) is 0 Å². The average molecular weight is 272 g/mol. The Morgan fingerprint density at radius 1 is 1.44 bits per heavy atom. The van der Waals surface area contributed by atoms with Crippen LogP contribution in [0.15, 0.2) is 22.8 Å². The van der Waals surface area contributed by atoms with Crippen molar-refractivity contribution in [2.75, 3.05) is 25.4 Å². The number of furan rings is 1. The third-order valence-corrected chi connectivity index (χ3v) is 4.80. The molecular weight excluding hydrogens is 256 g/mol. The number of carbonyl (C=O) groups is 1. The molecule has 0 spiro atoms. The molecule has 7 heteroatoms. The number of hydrogen-bond acceptors (Lipinski definition) is 4. The van der Waals surface area contributed by atoms with Crippen LogP contribution in [0.1, 0.15) is 23.4 Å². The summed E-state index contributed by atoms with van der Waals surface area (Å²) in [5.74, 6) is 0.116. The molecule has 2 heterocycles. The molecule has 0 unspecified atom stereocenters. The highest BCUT2D eigenvalue weighted by Gasteiger charge is 2.25. The second-order valence-corrected chi connectivity index (χ2v) is 6.24. The van der Waals surface area contributed by atoms with Crippen molar-refractivity contribution in [3.05, 3.63) is 24.2 Å². The molecule has 0 radical (unpaired) electrons. The second kappa shape index (κ2) is 5.53. The van der Waals surface area contributed by atoms with E-state index in [4.69, 9.17) is 4.42 Å². The smallest absolute Gasteiger partial charge is 0.287 e. The van der Waals surface area contributed by atoms with Gasteiger partial charge in [-0.3, -0.25) is 4.79 Å². The summed E-state index contributed by atoms with van der Waals surface area (Å²) < 4.78 is 29.7. The lowest BCUT2D eigenvalue weighted by molar-refractivity contribution is 0.0923. The van der Waals surface area contributed by atoms with E-state index >= 15 is 0 Å². The van der Waals surface area contributed by atoms with Gasteiger partial charge in [0.05, 0.1) is 12.0 Å². The lowest BCUT2D eigenvalue weighted by Crippen LogP contribution is -2.42. The minimum absolute atomic E-state index is 0.207. The third-order valence-electron chi connectivity index (χ3n) is 2.84. The molecule has 1 N–H and O–H groups in total. The van der Waals surface area contributed by atoms with Crippen LogP contribution < -0.4 is 5.32 Å². The van der Waals surface area contributed by atoms with Crippen molar-refractivity contribution >= 4 is 15.9 Å². The van der Waals surface area contributed by atoms with Crippen LogP contribution in [-0.2, 0) is 10.0 Å². The Bertz CT molecular complexity index is 495. The molecule has 0 bridgehead atoms. The quantitative estimate of drug-likeness (QED) is 0.862. The summed E-state index contributed by atoms with van der Waals surface area (Å²) >= 11 is 0. The molecule has 0 atom stereocenters. The fraction of sp³-hybridized carbons (Fsp3) is 0.545. The van der Waals surface area contributed by atoms with Crippen LogP contribution in [0.3, 0.4) is 0 Å². The highest BCUT2D eigenvalue weighted by Crippen LogP contribution is 2.12. The lowest BCUT2D eigenvalue weighted by atomic mass is 10.3. The van der Waals surface area contributed by atoms with Crippen molar-refractivity contribution in [1.82, 2.24) is 9.62 Å². The van der Waals surface area contributed by atoms with E-state index in [2.05, 4.69) is 5.32 Å². The molecule has 1 amide bonds. The van der Waals surface area contributed by atoms with Crippen molar-refractivity contribution in [1.29, 1.82) is 0 Å². The van der Waals surface area contributed by atoms with Gasteiger partial charge in [0.1, 0.15) is 0 Å². The Balaban J connectivity index is 1.80. The van der Waals surface area contributed by atoms with Gasteiger partial charge in [0.25, 0.3) is 5.91 Å². The van der Waals surface area contributed by atoms with Crippen molar-refractivity contribution in [3.8, 4) is 0 Å². The zero-order chi connectivity index (χ0) is 13.0. The first-order chi connectivity index (χ1) is 8.59. The number of amides is 1. The molecule has 0 saturated carbocycles. The van der Waals surface area contributed by atoms with E-state index in [1.165, 1.54) is 10.6 Å². The highest BCUT2D eigenvalue weighted by molar-refractivity contribution is 7.89. The van der Waals surface area contributed by atoms with Crippen LogP contribution >= 0.6 is 0 Å². The standard InChI is InChI=1S/C11H16N2O4S/c14-11(10-4-3-8-17-10)12-5-7-13-6-1-2-9-18(13,15)16/h3-4,8H,1-2,5-7,9H2,(H,12,14). The van der Waals surface area contributed by atoms with Gasteiger partial charge in [0.15, 0.2) is 5.76 Å². The second-order valence-electron chi connectivity index (χ2n) is 4.16. The molecule has 1 aliphatic rings. The lowest BCUT2D eigenvalue weighted by Gasteiger charge is -2.26. The molecule has 1 aromatic heterocycles. The van der Waals surface area contributed by atoms with Crippen molar-refractivity contribution < 1.29 is 17.6 Å². The molecule has 1 aliphatic heterocycles. The first-order valence-corrected chi connectivity index (χ1v) is 7.50. The Labute approximate surface area is 106 Å². The zero-order valence-corrected chi connectivity index (χ0v) is 10.8. The number of rotatable bonds is 4. The van der Waals surface area contributed by atoms with Crippen LogP contribution in [0.5, 0.6) is 0 Å². The Hall–Kier alpha value is -1.34. The Morgan fingerprint density at radius 3 is 2.94 bits per heavy atom. The minimum atomic E-state index is -3.12. The molecule has 1 saturated heterocycles. The summed E-state index contributed by atoms with van der Waals surface area (Å²) in [5.41, 5.74) is 0. The summed E-state index contributed by atoms with van der Waals surface area (Å²) in [5, 5.41) is 2.63. The van der Waals surface area contributed by atoms with Gasteiger partial charge < -0.3 is 9.73 Å². The van der Waals surface area contributed by atoms with Crippen molar-refractivity contribution in [2.45, 2.75) is 12.8 Å². The molecule has 0 aliphatic carbocycles. The number of sulfonamides is 1. The van der Waals surface area contributed by atoms with Crippen molar-refractivity contribution in [2.24, 2.45) is 0 Å². The predicted octanol–water partition coefficient (Wildman–Crippen LogP) is 0.435. The summed E-state index contributed by atoms with van der Waals surface area (Å²) in [7, 11) is -3.12. The first kappa shape index (κ1) is 13.1. The van der Waals surface area contributed by atoms with Crippen molar-refractivity contribution in [3.63, 3.8) is 0 Å². The van der Waals surface area contributed by atoms with Crippen LogP contribution in [-0.4, -0.2) is 44.0 Å². The zero-order valence-electron chi connectivity index (χ0n) is 9.96. The Morgan fingerprint density at radius 2 is 2.28 bits per heavy atom. The number of nitrogens with zero attached hydrogens (tertiary/aromatic N) is 1. The molecule has 2 rings (SSSR count). The fourth-order valence-electron chi connectivity index (χ4n) is 1.88. The van der Waals surface area contributed by atoms with E-state index in [1.807, 2.05) is 0 Å². The van der Waals surface area contributed by atoms with Crippen LogP contribution in [0.25, 0.3) is 0 Å². The van der Waals surface area contributed by atoms with Gasteiger partial charge in [-0.15, -0.1) is 0 Å². The molecule has 18 heavy (non-hydrogen) atoms. The summed E-state index contributed by atoms with van der Waals surface area (Å²) in [6.07, 6.45) is 3.02. The molecule has 1 aromatic rings. The normalized spacial score (nSPS) is 19.6. The average Bonchev–Trinajstić information content (AvgIpc) is 2.84. The van der Waals surface area contributed by atoms with E-state index in [0.29, 0.717) is 19.6 Å². The number of hydrogen-bond donors (Lipinski definition) is 1. The van der Waals surface area contributed by atoms with E-state index in [1.54, 1.807) is 12.1 Å². The highest BCUT2D eigenvalue weighted by atomic mass is 32.2. The molecule has 100 valence electrons. The fourth-order valence-corrected chi connectivity index (χ4v) is 3.48. The largest absolute Gasteiger partial charge is 0.459 e. The topological polar surface area (TPSA) is 79.6 Å². The molecule has 1 fully saturated rings. The Kier molecular flexibility index (Phi) is 4.03. The van der Waals surface area contributed by atoms with E-state index in [-0.39, 0.29) is 17.4 Å². The van der Waals surface area contributed by atoms with Gasteiger partial charge in [-0.2, -0.15) is 0 Å². The van der Waals surface area contributed by atoms with E-state index < -0.39 is 10.0 Å². The first-order valence-electron chi connectivity index (χ1n) is 5.89. The van der Waals surface area contributed by atoms with Gasteiger partial charge in [0.2, 0.25) is 10.0 Å². The predicted molar refractivity (Wildman–Crippen MR) is 65.6 cm³/mol. The summed E-state index contributed by atoms with van der Waals surface area (Å²) in [6, 6.07) is 3.19.